The van der Waals surface area contributed by atoms with Gasteiger partial charge in [0.2, 0.25) is 5.91 Å². The summed E-state index contributed by atoms with van der Waals surface area (Å²) in [6.45, 7) is 1.63. The minimum absolute atomic E-state index is 0.0757. The maximum atomic E-state index is 12.0. The van der Waals surface area contributed by atoms with Crippen molar-refractivity contribution >= 4 is 17.8 Å². The van der Waals surface area contributed by atoms with Crippen LogP contribution in [-0.2, 0) is 14.3 Å². The van der Waals surface area contributed by atoms with Gasteiger partial charge >= 0.3 is 5.97 Å². The van der Waals surface area contributed by atoms with Crippen molar-refractivity contribution in [1.82, 2.24) is 10.6 Å². The average Bonchev–Trinajstić information content (AvgIpc) is 3.10. The van der Waals surface area contributed by atoms with Crippen LogP contribution in [-0.4, -0.2) is 47.7 Å². The predicted octanol–water partition coefficient (Wildman–Crippen LogP) is -0.242. The number of carbonyl (C=O) groups is 3. The van der Waals surface area contributed by atoms with Crippen LogP contribution in [0.5, 0.6) is 0 Å². The lowest BCUT2D eigenvalue weighted by Gasteiger charge is -2.25. The van der Waals surface area contributed by atoms with Crippen LogP contribution < -0.4 is 10.6 Å². The van der Waals surface area contributed by atoms with Crippen molar-refractivity contribution in [3.05, 3.63) is 24.2 Å². The highest BCUT2D eigenvalue weighted by atomic mass is 16.5. The van der Waals surface area contributed by atoms with Crippen LogP contribution in [0.1, 0.15) is 23.9 Å². The quantitative estimate of drug-likeness (QED) is 0.690. The second kappa shape index (κ2) is 5.96. The average molecular weight is 296 g/mol. The molecule has 2 rings (SSSR count). The molecule has 0 bridgehead atoms. The topological polar surface area (TPSA) is 118 Å². The van der Waals surface area contributed by atoms with Gasteiger partial charge in [0.05, 0.1) is 12.9 Å². The first-order valence-corrected chi connectivity index (χ1v) is 6.42. The van der Waals surface area contributed by atoms with Gasteiger partial charge in [0.1, 0.15) is 6.04 Å². The number of hydrogen-bond donors (Lipinski definition) is 3. The molecule has 0 aromatic carbocycles. The van der Waals surface area contributed by atoms with Crippen molar-refractivity contribution < 1.29 is 28.6 Å². The second-order valence-corrected chi connectivity index (χ2v) is 4.85. The molecule has 8 heteroatoms. The maximum absolute atomic E-state index is 12.0. The third kappa shape index (κ3) is 3.22. The highest BCUT2D eigenvalue weighted by Crippen LogP contribution is 2.19. The van der Waals surface area contributed by atoms with Gasteiger partial charge in [-0.1, -0.05) is 0 Å². The number of carbonyl (C=O) groups excluding carboxylic acids is 2. The van der Waals surface area contributed by atoms with E-state index in [1.807, 2.05) is 0 Å². The summed E-state index contributed by atoms with van der Waals surface area (Å²) in [6, 6.07) is 2.11. The third-order valence-electron chi connectivity index (χ3n) is 3.28. The van der Waals surface area contributed by atoms with Crippen LogP contribution in [0.3, 0.4) is 0 Å². The fourth-order valence-electron chi connectivity index (χ4n) is 1.97. The zero-order valence-electron chi connectivity index (χ0n) is 11.4. The molecule has 2 heterocycles. The van der Waals surface area contributed by atoms with E-state index < -0.39 is 29.4 Å². The lowest BCUT2D eigenvalue weighted by Crippen LogP contribution is -2.59. The molecule has 1 fully saturated rings. The Morgan fingerprint density at radius 3 is 2.71 bits per heavy atom. The number of ether oxygens (including phenoxy) is 1. The molecule has 0 radical (unpaired) electrons. The van der Waals surface area contributed by atoms with E-state index in [-0.39, 0.29) is 25.4 Å². The molecule has 2 amide bonds. The number of furan rings is 1. The maximum Gasteiger partial charge on any atom is 0.331 e. The number of aliphatic carboxylic acids is 1. The van der Waals surface area contributed by atoms with E-state index in [0.717, 1.165) is 0 Å². The highest BCUT2D eigenvalue weighted by Gasteiger charge is 2.44. The standard InChI is InChI=1S/C13H16N2O6/c1-8(14-11(17)9-3-2-5-21-9)10(16)15-13(12(18)19)4-6-20-7-13/h2-3,5,8H,4,6-7H2,1H3,(H,14,17)(H,15,16)(H,18,19). The summed E-state index contributed by atoms with van der Waals surface area (Å²) in [5.74, 6) is -2.22. The number of rotatable bonds is 5. The number of amides is 2. The normalized spacial score (nSPS) is 22.5. The van der Waals surface area contributed by atoms with Crippen LogP contribution in [0.4, 0.5) is 0 Å². The molecule has 2 unspecified atom stereocenters. The van der Waals surface area contributed by atoms with E-state index in [2.05, 4.69) is 10.6 Å². The van der Waals surface area contributed by atoms with Crippen molar-refractivity contribution in [3.63, 3.8) is 0 Å². The van der Waals surface area contributed by atoms with Crippen LogP contribution >= 0.6 is 0 Å². The largest absolute Gasteiger partial charge is 0.479 e. The van der Waals surface area contributed by atoms with Gasteiger partial charge in [-0.15, -0.1) is 0 Å². The van der Waals surface area contributed by atoms with Crippen LogP contribution in [0.2, 0.25) is 0 Å². The van der Waals surface area contributed by atoms with E-state index in [0.29, 0.717) is 0 Å². The third-order valence-corrected chi connectivity index (χ3v) is 3.28. The molecular weight excluding hydrogens is 280 g/mol. The first-order valence-electron chi connectivity index (χ1n) is 6.42. The zero-order chi connectivity index (χ0) is 15.5. The SMILES string of the molecule is CC(NC(=O)c1ccco1)C(=O)NC1(C(=O)O)CCOC1. The molecule has 8 nitrogen and oxygen atoms in total. The summed E-state index contributed by atoms with van der Waals surface area (Å²) < 4.78 is 9.95. The Labute approximate surface area is 120 Å². The fraction of sp³-hybridized carbons (Fsp3) is 0.462. The number of carboxylic acids is 1. The van der Waals surface area contributed by atoms with Crippen molar-refractivity contribution in [2.75, 3.05) is 13.2 Å². The molecule has 21 heavy (non-hydrogen) atoms. The number of nitrogens with one attached hydrogen (secondary N) is 2. The molecular formula is C13H16N2O6. The van der Waals surface area contributed by atoms with E-state index in [9.17, 15) is 19.5 Å². The molecule has 1 aliphatic heterocycles. The Bertz CT molecular complexity index is 533. The summed E-state index contributed by atoms with van der Waals surface area (Å²) in [6.07, 6.45) is 1.53. The molecule has 1 saturated heterocycles. The molecule has 1 aliphatic rings. The van der Waals surface area contributed by atoms with Gasteiger partial charge in [-0.3, -0.25) is 9.59 Å². The Morgan fingerprint density at radius 2 is 2.19 bits per heavy atom. The molecule has 1 aromatic rings. The summed E-state index contributed by atoms with van der Waals surface area (Å²) in [7, 11) is 0. The van der Waals surface area contributed by atoms with Crippen molar-refractivity contribution in [2.45, 2.75) is 24.9 Å². The number of hydrogen-bond acceptors (Lipinski definition) is 5. The van der Waals surface area contributed by atoms with Gasteiger partial charge in [0.15, 0.2) is 11.3 Å². The van der Waals surface area contributed by atoms with Crippen LogP contribution in [0, 0.1) is 0 Å². The summed E-state index contributed by atoms with van der Waals surface area (Å²) in [4.78, 5) is 35.1. The predicted molar refractivity (Wildman–Crippen MR) is 69.6 cm³/mol. The lowest BCUT2D eigenvalue weighted by molar-refractivity contribution is -0.147. The highest BCUT2D eigenvalue weighted by molar-refractivity contribution is 5.96. The number of carboxylic acid groups (broad SMARTS) is 1. The Morgan fingerprint density at radius 1 is 1.43 bits per heavy atom. The van der Waals surface area contributed by atoms with Gasteiger partial charge in [-0.2, -0.15) is 0 Å². The Hall–Kier alpha value is -2.35. The Balaban J connectivity index is 1.96. The second-order valence-electron chi connectivity index (χ2n) is 4.85. The fourth-order valence-corrected chi connectivity index (χ4v) is 1.97. The summed E-state index contributed by atoms with van der Waals surface area (Å²) in [5, 5.41) is 14.1. The van der Waals surface area contributed by atoms with Gasteiger partial charge in [-0.25, -0.2) is 4.79 Å². The van der Waals surface area contributed by atoms with Crippen molar-refractivity contribution in [3.8, 4) is 0 Å². The van der Waals surface area contributed by atoms with Gasteiger partial charge in [0.25, 0.3) is 5.91 Å². The van der Waals surface area contributed by atoms with Gasteiger partial charge in [0, 0.05) is 13.0 Å². The molecule has 2 atom stereocenters. The molecule has 0 saturated carbocycles. The van der Waals surface area contributed by atoms with Gasteiger partial charge in [-0.05, 0) is 19.1 Å². The van der Waals surface area contributed by atoms with Gasteiger partial charge < -0.3 is 24.9 Å². The zero-order valence-corrected chi connectivity index (χ0v) is 11.4. The van der Waals surface area contributed by atoms with E-state index >= 15 is 0 Å². The van der Waals surface area contributed by atoms with Crippen LogP contribution in [0.15, 0.2) is 22.8 Å². The molecule has 3 N–H and O–H groups in total. The Kier molecular flexibility index (Phi) is 4.27. The smallest absolute Gasteiger partial charge is 0.331 e. The first-order chi connectivity index (χ1) is 9.94. The van der Waals surface area contributed by atoms with E-state index in [4.69, 9.17) is 9.15 Å². The monoisotopic (exact) mass is 296 g/mol. The molecule has 114 valence electrons. The van der Waals surface area contributed by atoms with E-state index in [1.165, 1.54) is 19.3 Å². The van der Waals surface area contributed by atoms with Crippen molar-refractivity contribution in [1.29, 1.82) is 0 Å². The minimum Gasteiger partial charge on any atom is -0.479 e. The molecule has 0 aliphatic carbocycles. The van der Waals surface area contributed by atoms with Crippen molar-refractivity contribution in [2.24, 2.45) is 0 Å². The minimum atomic E-state index is -1.43. The van der Waals surface area contributed by atoms with Crippen LogP contribution in [0.25, 0.3) is 0 Å². The first kappa shape index (κ1) is 15.0. The molecule has 0 spiro atoms. The molecule has 1 aromatic heterocycles. The summed E-state index contributed by atoms with van der Waals surface area (Å²) in [5.41, 5.74) is -1.43. The lowest BCUT2D eigenvalue weighted by atomic mass is 9.98. The summed E-state index contributed by atoms with van der Waals surface area (Å²) >= 11 is 0. The van der Waals surface area contributed by atoms with E-state index in [1.54, 1.807) is 6.07 Å².